The maximum atomic E-state index is 12.5. The second-order valence-electron chi connectivity index (χ2n) is 4.99. The molecule has 19 heavy (non-hydrogen) atoms. The van der Waals surface area contributed by atoms with E-state index in [1.54, 1.807) is 16.9 Å². The van der Waals surface area contributed by atoms with Gasteiger partial charge in [-0.25, -0.2) is 0 Å². The number of piperidine rings is 1. The minimum atomic E-state index is 0.00383. The fourth-order valence-corrected chi connectivity index (χ4v) is 2.66. The SMILES string of the molecule is Cn1ccc(C(=O)c2cccn2C2CCNCC2)n1. The van der Waals surface area contributed by atoms with Crippen LogP contribution in [0.3, 0.4) is 0 Å². The molecule has 0 bridgehead atoms. The van der Waals surface area contributed by atoms with Gasteiger partial charge in [0.2, 0.25) is 5.78 Å². The molecule has 2 aromatic rings. The van der Waals surface area contributed by atoms with Gasteiger partial charge in [-0.2, -0.15) is 5.10 Å². The monoisotopic (exact) mass is 258 g/mol. The smallest absolute Gasteiger partial charge is 0.229 e. The molecule has 0 unspecified atom stereocenters. The fourth-order valence-electron chi connectivity index (χ4n) is 2.66. The minimum Gasteiger partial charge on any atom is -0.342 e. The Hall–Kier alpha value is -1.88. The predicted molar refractivity (Wildman–Crippen MR) is 72.2 cm³/mol. The third-order valence-corrected chi connectivity index (χ3v) is 3.66. The van der Waals surface area contributed by atoms with E-state index in [-0.39, 0.29) is 5.78 Å². The van der Waals surface area contributed by atoms with Crippen LogP contribution in [-0.2, 0) is 7.05 Å². The topological polar surface area (TPSA) is 51.9 Å². The summed E-state index contributed by atoms with van der Waals surface area (Å²) in [7, 11) is 1.82. The van der Waals surface area contributed by atoms with Gasteiger partial charge in [-0.05, 0) is 44.1 Å². The van der Waals surface area contributed by atoms with Crippen LogP contribution < -0.4 is 5.32 Å². The summed E-state index contributed by atoms with van der Waals surface area (Å²) in [6.07, 6.45) is 5.94. The Morgan fingerprint density at radius 3 is 2.79 bits per heavy atom. The van der Waals surface area contributed by atoms with Crippen LogP contribution in [0.5, 0.6) is 0 Å². The zero-order valence-corrected chi connectivity index (χ0v) is 11.0. The summed E-state index contributed by atoms with van der Waals surface area (Å²) in [5.74, 6) is 0.00383. The van der Waals surface area contributed by atoms with Gasteiger partial charge in [0.05, 0.1) is 5.69 Å². The highest BCUT2D eigenvalue weighted by Crippen LogP contribution is 2.22. The van der Waals surface area contributed by atoms with Gasteiger partial charge in [0, 0.05) is 25.5 Å². The molecule has 5 nitrogen and oxygen atoms in total. The summed E-state index contributed by atoms with van der Waals surface area (Å²) < 4.78 is 3.77. The molecule has 0 radical (unpaired) electrons. The van der Waals surface area contributed by atoms with E-state index in [9.17, 15) is 4.79 Å². The number of hydrogen-bond acceptors (Lipinski definition) is 3. The molecule has 1 aliphatic rings. The number of carbonyl (C=O) groups excluding carboxylic acids is 1. The molecular weight excluding hydrogens is 240 g/mol. The van der Waals surface area contributed by atoms with Gasteiger partial charge >= 0.3 is 0 Å². The van der Waals surface area contributed by atoms with Gasteiger partial charge in [-0.1, -0.05) is 0 Å². The Labute approximate surface area is 112 Å². The summed E-state index contributed by atoms with van der Waals surface area (Å²) >= 11 is 0. The molecule has 0 amide bonds. The molecule has 0 spiro atoms. The number of nitrogens with one attached hydrogen (secondary N) is 1. The van der Waals surface area contributed by atoms with Crippen molar-refractivity contribution in [2.75, 3.05) is 13.1 Å². The number of nitrogens with zero attached hydrogens (tertiary/aromatic N) is 3. The van der Waals surface area contributed by atoms with Crippen molar-refractivity contribution in [1.82, 2.24) is 19.7 Å². The Balaban J connectivity index is 1.89. The molecule has 0 aromatic carbocycles. The van der Waals surface area contributed by atoms with Crippen LogP contribution in [0.2, 0.25) is 0 Å². The van der Waals surface area contributed by atoms with Crippen LogP contribution in [0.4, 0.5) is 0 Å². The third-order valence-electron chi connectivity index (χ3n) is 3.66. The van der Waals surface area contributed by atoms with Gasteiger partial charge in [0.15, 0.2) is 0 Å². The first-order valence-electron chi connectivity index (χ1n) is 6.67. The van der Waals surface area contributed by atoms with Crippen molar-refractivity contribution in [1.29, 1.82) is 0 Å². The lowest BCUT2D eigenvalue weighted by molar-refractivity contribution is 0.102. The molecule has 1 fully saturated rings. The van der Waals surface area contributed by atoms with Gasteiger partial charge in [-0.3, -0.25) is 9.48 Å². The molecule has 0 saturated carbocycles. The fraction of sp³-hybridized carbons (Fsp3) is 0.429. The molecular formula is C14H18N4O. The van der Waals surface area contributed by atoms with Gasteiger partial charge < -0.3 is 9.88 Å². The second kappa shape index (κ2) is 5.01. The lowest BCUT2D eigenvalue weighted by atomic mass is 10.1. The molecule has 0 aliphatic carbocycles. The normalized spacial score (nSPS) is 16.7. The van der Waals surface area contributed by atoms with Crippen LogP contribution in [0.1, 0.15) is 35.1 Å². The third kappa shape index (κ3) is 2.33. The van der Waals surface area contributed by atoms with Gasteiger partial charge in [0.25, 0.3) is 0 Å². The standard InChI is InChI=1S/C14H18N4O/c1-17-10-6-12(16-17)14(19)13-3-2-9-18(13)11-4-7-15-8-5-11/h2-3,6,9-11,15H,4-5,7-8H2,1H3. The lowest BCUT2D eigenvalue weighted by Gasteiger charge is -2.25. The molecule has 3 heterocycles. The summed E-state index contributed by atoms with van der Waals surface area (Å²) in [5, 5.41) is 7.54. The van der Waals surface area contributed by atoms with E-state index in [0.717, 1.165) is 31.6 Å². The number of carbonyl (C=O) groups is 1. The second-order valence-corrected chi connectivity index (χ2v) is 4.99. The highest BCUT2D eigenvalue weighted by atomic mass is 16.1. The van der Waals surface area contributed by atoms with Crippen molar-refractivity contribution < 1.29 is 4.79 Å². The zero-order chi connectivity index (χ0) is 13.2. The summed E-state index contributed by atoms with van der Waals surface area (Å²) in [4.78, 5) is 12.5. The number of aromatic nitrogens is 3. The van der Waals surface area contributed by atoms with E-state index in [0.29, 0.717) is 11.7 Å². The van der Waals surface area contributed by atoms with Crippen molar-refractivity contribution in [3.8, 4) is 0 Å². The Morgan fingerprint density at radius 2 is 2.11 bits per heavy atom. The van der Waals surface area contributed by atoms with Crippen LogP contribution >= 0.6 is 0 Å². The molecule has 2 aromatic heterocycles. The quantitative estimate of drug-likeness (QED) is 0.846. The van der Waals surface area contributed by atoms with Crippen LogP contribution in [0, 0.1) is 0 Å². The molecule has 0 atom stereocenters. The van der Waals surface area contributed by atoms with E-state index < -0.39 is 0 Å². The first kappa shape index (κ1) is 12.2. The van der Waals surface area contributed by atoms with Gasteiger partial charge in [0.1, 0.15) is 5.69 Å². The molecule has 5 heteroatoms. The van der Waals surface area contributed by atoms with Crippen molar-refractivity contribution >= 4 is 5.78 Å². The number of ketones is 1. The van der Waals surface area contributed by atoms with E-state index in [2.05, 4.69) is 15.0 Å². The molecule has 1 N–H and O–H groups in total. The van der Waals surface area contributed by atoms with Crippen molar-refractivity contribution in [3.05, 3.63) is 42.0 Å². The summed E-state index contributed by atoms with van der Waals surface area (Å²) in [5.41, 5.74) is 1.25. The first-order chi connectivity index (χ1) is 9.25. The van der Waals surface area contributed by atoms with Gasteiger partial charge in [-0.15, -0.1) is 0 Å². The largest absolute Gasteiger partial charge is 0.342 e. The Morgan fingerprint density at radius 1 is 1.32 bits per heavy atom. The highest BCUT2D eigenvalue weighted by molar-refractivity contribution is 6.06. The average Bonchev–Trinajstić information content (AvgIpc) is 3.07. The van der Waals surface area contributed by atoms with E-state index in [1.165, 1.54) is 0 Å². The van der Waals surface area contributed by atoms with E-state index in [1.807, 2.05) is 25.4 Å². The zero-order valence-electron chi connectivity index (χ0n) is 11.0. The van der Waals surface area contributed by atoms with Crippen LogP contribution in [-0.4, -0.2) is 33.2 Å². The summed E-state index contributed by atoms with van der Waals surface area (Å²) in [6.45, 7) is 2.03. The Kier molecular flexibility index (Phi) is 3.21. The van der Waals surface area contributed by atoms with Crippen molar-refractivity contribution in [2.24, 2.45) is 7.05 Å². The maximum absolute atomic E-state index is 12.5. The number of hydrogen-bond donors (Lipinski definition) is 1. The Bertz CT molecular complexity index is 578. The molecule has 1 aliphatic heterocycles. The first-order valence-corrected chi connectivity index (χ1v) is 6.67. The number of aryl methyl sites for hydroxylation is 1. The van der Waals surface area contributed by atoms with E-state index >= 15 is 0 Å². The van der Waals surface area contributed by atoms with Crippen LogP contribution in [0.15, 0.2) is 30.6 Å². The highest BCUT2D eigenvalue weighted by Gasteiger charge is 2.21. The van der Waals surface area contributed by atoms with Crippen molar-refractivity contribution in [2.45, 2.75) is 18.9 Å². The molecule has 1 saturated heterocycles. The average molecular weight is 258 g/mol. The number of rotatable bonds is 3. The maximum Gasteiger partial charge on any atom is 0.229 e. The molecule has 3 rings (SSSR count). The molecule has 100 valence electrons. The minimum absolute atomic E-state index is 0.00383. The van der Waals surface area contributed by atoms with Crippen LogP contribution in [0.25, 0.3) is 0 Å². The lowest BCUT2D eigenvalue weighted by Crippen LogP contribution is -2.30. The summed E-state index contributed by atoms with van der Waals surface area (Å²) in [6, 6.07) is 6.01. The van der Waals surface area contributed by atoms with E-state index in [4.69, 9.17) is 0 Å². The van der Waals surface area contributed by atoms with Crippen molar-refractivity contribution in [3.63, 3.8) is 0 Å². The predicted octanol–water partition coefficient (Wildman–Crippen LogP) is 1.38.